The fourth-order valence-electron chi connectivity index (χ4n) is 4.48. The molecule has 0 aliphatic carbocycles. The summed E-state index contributed by atoms with van der Waals surface area (Å²) in [6.07, 6.45) is 2.34. The minimum atomic E-state index is -0.787. The maximum atomic E-state index is 13.1. The summed E-state index contributed by atoms with van der Waals surface area (Å²) in [6, 6.07) is 13.8. The van der Waals surface area contributed by atoms with Gasteiger partial charge in [-0.3, -0.25) is 19.7 Å². The van der Waals surface area contributed by atoms with Gasteiger partial charge in [0.05, 0.1) is 23.6 Å². The number of benzene rings is 2. The molecule has 2 aromatic carbocycles. The van der Waals surface area contributed by atoms with Crippen molar-refractivity contribution < 1.29 is 24.4 Å². The van der Waals surface area contributed by atoms with Crippen molar-refractivity contribution in [1.29, 1.82) is 0 Å². The van der Waals surface area contributed by atoms with Gasteiger partial charge in [-0.05, 0) is 53.8 Å². The van der Waals surface area contributed by atoms with E-state index in [2.05, 4.69) is 4.98 Å². The number of carbonyl (C=O) groups excluding carboxylic acids is 2. The van der Waals surface area contributed by atoms with Crippen molar-refractivity contribution in [1.82, 2.24) is 9.88 Å². The van der Waals surface area contributed by atoms with E-state index in [-0.39, 0.29) is 29.1 Å². The number of rotatable bonds is 7. The average molecular weight is 504 g/mol. The number of aromatic nitrogens is 1. The molecule has 1 atom stereocenters. The van der Waals surface area contributed by atoms with Crippen LogP contribution in [0.5, 0.6) is 5.75 Å². The second-order valence-corrected chi connectivity index (χ2v) is 9.27. The first kappa shape index (κ1) is 23.3. The molecule has 1 unspecified atom stereocenters. The summed E-state index contributed by atoms with van der Waals surface area (Å²) in [6.45, 7) is 0.244. The second-order valence-electron chi connectivity index (χ2n) is 8.29. The molecule has 1 aliphatic heterocycles. The van der Waals surface area contributed by atoms with Crippen molar-refractivity contribution in [2.24, 2.45) is 0 Å². The molecule has 0 spiro atoms. The predicted molar refractivity (Wildman–Crippen MR) is 135 cm³/mol. The summed E-state index contributed by atoms with van der Waals surface area (Å²) >= 11 is 1.38. The fourth-order valence-corrected chi connectivity index (χ4v) is 5.33. The lowest BCUT2D eigenvalue weighted by atomic mass is 9.99. The van der Waals surface area contributed by atoms with Gasteiger partial charge in [-0.25, -0.2) is 0 Å². The molecule has 0 bridgehead atoms. The van der Waals surface area contributed by atoms with Gasteiger partial charge in [0.1, 0.15) is 11.5 Å². The van der Waals surface area contributed by atoms with E-state index in [4.69, 9.17) is 4.74 Å². The van der Waals surface area contributed by atoms with Crippen LogP contribution in [0.3, 0.4) is 0 Å². The van der Waals surface area contributed by atoms with Crippen LogP contribution < -0.4 is 4.74 Å². The van der Waals surface area contributed by atoms with Crippen LogP contribution in [0.15, 0.2) is 71.7 Å². The Hall–Kier alpha value is -4.44. The molecule has 9 nitrogen and oxygen atoms in total. The lowest BCUT2D eigenvalue weighted by Crippen LogP contribution is -2.31. The number of hydrogen-bond donors (Lipinski definition) is 2. The molecule has 1 amide bonds. The van der Waals surface area contributed by atoms with Gasteiger partial charge in [0.2, 0.25) is 0 Å². The van der Waals surface area contributed by atoms with E-state index in [0.717, 1.165) is 21.3 Å². The maximum absolute atomic E-state index is 13.1. The lowest BCUT2D eigenvalue weighted by Gasteiger charge is -2.24. The van der Waals surface area contributed by atoms with Gasteiger partial charge in [-0.1, -0.05) is 6.07 Å². The molecule has 36 heavy (non-hydrogen) atoms. The van der Waals surface area contributed by atoms with Gasteiger partial charge in [-0.15, -0.1) is 11.3 Å². The van der Waals surface area contributed by atoms with Crippen LogP contribution in [0.4, 0.5) is 5.69 Å². The van der Waals surface area contributed by atoms with Gasteiger partial charge < -0.3 is 19.7 Å². The maximum Gasteiger partial charge on any atom is 0.295 e. The number of Topliss-reactive ketones (excluding diaryl/α,β-unsaturated/α-hetero) is 1. The van der Waals surface area contributed by atoms with E-state index >= 15 is 0 Å². The second kappa shape index (κ2) is 9.31. The number of likely N-dealkylation sites (tertiary alicyclic amines) is 1. The highest BCUT2D eigenvalue weighted by Crippen LogP contribution is 2.41. The van der Waals surface area contributed by atoms with Gasteiger partial charge in [-0.2, -0.15) is 0 Å². The lowest BCUT2D eigenvalue weighted by molar-refractivity contribution is -0.384. The third-order valence-corrected chi connectivity index (χ3v) is 7.23. The fraction of sp³-hybridized carbons (Fsp3) is 0.154. The molecule has 4 aromatic rings. The zero-order valence-corrected chi connectivity index (χ0v) is 20.0. The molecule has 0 saturated carbocycles. The smallest absolute Gasteiger partial charge is 0.295 e. The van der Waals surface area contributed by atoms with Crippen LogP contribution in [0.25, 0.3) is 16.7 Å². The summed E-state index contributed by atoms with van der Waals surface area (Å²) in [7, 11) is 1.60. The number of aromatic amines is 1. The average Bonchev–Trinajstić information content (AvgIpc) is 3.61. The molecule has 1 fully saturated rings. The minimum Gasteiger partial charge on any atom is -0.507 e. The first-order valence-corrected chi connectivity index (χ1v) is 12.0. The zero-order chi connectivity index (χ0) is 25.4. The number of nitrogens with one attached hydrogen (secondary N) is 1. The predicted octanol–water partition coefficient (Wildman–Crippen LogP) is 4.81. The molecular formula is C26H21N3O6S. The van der Waals surface area contributed by atoms with E-state index in [1.807, 2.05) is 41.9 Å². The molecule has 3 heterocycles. The topological polar surface area (TPSA) is 126 Å². The highest BCUT2D eigenvalue weighted by molar-refractivity contribution is 7.10. The Balaban J connectivity index is 1.51. The number of nitrogens with zero attached hydrogens (tertiary/aromatic N) is 2. The Morgan fingerprint density at radius 1 is 1.19 bits per heavy atom. The normalized spacial score (nSPS) is 17.1. The Morgan fingerprint density at radius 2 is 1.97 bits per heavy atom. The number of ether oxygens (including phenoxy) is 1. The third kappa shape index (κ3) is 4.01. The van der Waals surface area contributed by atoms with Crippen LogP contribution in [0, 0.1) is 10.1 Å². The number of amides is 1. The molecule has 5 rings (SSSR count). The Morgan fingerprint density at radius 3 is 2.64 bits per heavy atom. The van der Waals surface area contributed by atoms with Crippen molar-refractivity contribution in [3.8, 4) is 5.75 Å². The number of methoxy groups -OCH3 is 1. The number of carbonyl (C=O) groups is 2. The van der Waals surface area contributed by atoms with Gasteiger partial charge in [0.15, 0.2) is 0 Å². The number of aliphatic hydroxyl groups excluding tert-OH is 1. The first-order valence-electron chi connectivity index (χ1n) is 11.1. The quantitative estimate of drug-likeness (QED) is 0.123. The number of hydrogen-bond acceptors (Lipinski definition) is 7. The SMILES string of the molecule is COc1ccc2[nH]cc(CCN3C(=O)C(=O)/C(=C(\O)c4ccc([N+](=O)[O-])cc4)C3c3cccs3)c2c1. The van der Waals surface area contributed by atoms with Crippen molar-refractivity contribution in [3.63, 3.8) is 0 Å². The van der Waals surface area contributed by atoms with Crippen molar-refractivity contribution in [2.45, 2.75) is 12.5 Å². The number of nitro groups is 1. The van der Waals surface area contributed by atoms with Crippen LogP contribution >= 0.6 is 11.3 Å². The summed E-state index contributed by atoms with van der Waals surface area (Å²) in [4.78, 5) is 42.1. The van der Waals surface area contributed by atoms with Crippen molar-refractivity contribution in [3.05, 3.63) is 97.9 Å². The summed E-state index contributed by atoms with van der Waals surface area (Å²) in [5.41, 5.74) is 1.95. The Bertz CT molecular complexity index is 1500. The highest BCUT2D eigenvalue weighted by atomic mass is 32.1. The molecule has 0 radical (unpaired) electrons. The number of ketones is 1. The minimum absolute atomic E-state index is 0.0306. The molecular weight excluding hydrogens is 482 g/mol. The Labute approximate surface area is 209 Å². The number of aliphatic hydroxyl groups is 1. The van der Waals surface area contributed by atoms with E-state index in [1.54, 1.807) is 7.11 Å². The summed E-state index contributed by atoms with van der Waals surface area (Å²) < 4.78 is 5.33. The number of thiophene rings is 1. The number of fused-ring (bicyclic) bond motifs is 1. The largest absolute Gasteiger partial charge is 0.507 e. The summed E-state index contributed by atoms with van der Waals surface area (Å²) in [5, 5.41) is 24.9. The van der Waals surface area contributed by atoms with E-state index in [1.165, 1.54) is 40.5 Å². The monoisotopic (exact) mass is 503 g/mol. The molecule has 2 aromatic heterocycles. The first-order chi connectivity index (χ1) is 17.4. The number of H-pyrrole nitrogens is 1. The van der Waals surface area contributed by atoms with E-state index in [0.29, 0.717) is 12.2 Å². The molecule has 10 heteroatoms. The zero-order valence-electron chi connectivity index (χ0n) is 19.1. The molecule has 182 valence electrons. The molecule has 1 aliphatic rings. The van der Waals surface area contributed by atoms with Crippen LogP contribution in [-0.4, -0.2) is 45.3 Å². The number of non-ortho nitro benzene ring substituents is 1. The van der Waals surface area contributed by atoms with E-state index in [9.17, 15) is 24.8 Å². The van der Waals surface area contributed by atoms with E-state index < -0.39 is 22.7 Å². The summed E-state index contributed by atoms with van der Waals surface area (Å²) in [5.74, 6) is -1.13. The van der Waals surface area contributed by atoms with Crippen molar-refractivity contribution in [2.75, 3.05) is 13.7 Å². The van der Waals surface area contributed by atoms with Crippen LogP contribution in [0.2, 0.25) is 0 Å². The third-order valence-electron chi connectivity index (χ3n) is 6.30. The highest BCUT2D eigenvalue weighted by Gasteiger charge is 2.46. The van der Waals surface area contributed by atoms with Crippen LogP contribution in [0.1, 0.15) is 22.0 Å². The molecule has 2 N–H and O–H groups in total. The van der Waals surface area contributed by atoms with Crippen LogP contribution in [-0.2, 0) is 16.0 Å². The van der Waals surface area contributed by atoms with Gasteiger partial charge >= 0.3 is 0 Å². The Kier molecular flexibility index (Phi) is 6.03. The molecule has 1 saturated heterocycles. The standard InChI is InChI=1S/C26H21N3O6S/c1-35-18-8-9-20-19(13-18)16(14-27-20)10-11-28-23(21-3-2-12-36-21)22(25(31)26(28)32)24(30)15-4-6-17(7-5-15)29(33)34/h2-9,12-14,23,27,30H,10-11H2,1H3/b24-22-. The van der Waals surface area contributed by atoms with Gasteiger partial charge in [0, 0.05) is 46.2 Å². The number of nitro benzene ring substituents is 1. The van der Waals surface area contributed by atoms with Crippen molar-refractivity contribution >= 4 is 45.4 Å². The van der Waals surface area contributed by atoms with Gasteiger partial charge in [0.25, 0.3) is 17.4 Å².